The van der Waals surface area contributed by atoms with Gasteiger partial charge in [0.15, 0.2) is 0 Å². The van der Waals surface area contributed by atoms with Crippen LogP contribution in [-0.4, -0.2) is 28.8 Å². The van der Waals surface area contributed by atoms with Gasteiger partial charge in [-0.2, -0.15) is 0 Å². The van der Waals surface area contributed by atoms with Gasteiger partial charge in [0.2, 0.25) is 11.8 Å². The monoisotopic (exact) mass is 460 g/mol. The van der Waals surface area contributed by atoms with Crippen molar-refractivity contribution in [1.29, 1.82) is 0 Å². The molecule has 1 N–H and O–H groups in total. The second-order valence-corrected chi connectivity index (χ2v) is 9.31. The number of fused-ring (bicyclic) bond motifs is 1. The van der Waals surface area contributed by atoms with Crippen molar-refractivity contribution >= 4 is 22.6 Å². The van der Waals surface area contributed by atoms with Crippen LogP contribution in [0.15, 0.2) is 66.7 Å². The first-order chi connectivity index (χ1) is 16.5. The summed E-state index contributed by atoms with van der Waals surface area (Å²) in [6.45, 7) is 2.06. The van der Waals surface area contributed by atoms with E-state index in [-0.39, 0.29) is 30.2 Å². The molecule has 1 aliphatic carbocycles. The van der Waals surface area contributed by atoms with E-state index >= 15 is 0 Å². The summed E-state index contributed by atoms with van der Waals surface area (Å²) < 4.78 is 13.4. The first kappa shape index (κ1) is 23.9. The van der Waals surface area contributed by atoms with Gasteiger partial charge in [-0.05, 0) is 60.2 Å². The molecule has 4 rings (SSSR count). The largest absolute Gasteiger partial charge is 0.352 e. The average Bonchev–Trinajstić information content (AvgIpc) is 2.87. The lowest BCUT2D eigenvalue weighted by Crippen LogP contribution is -2.50. The van der Waals surface area contributed by atoms with Gasteiger partial charge >= 0.3 is 0 Å². The molecule has 5 heteroatoms. The van der Waals surface area contributed by atoms with Crippen LogP contribution in [0, 0.1) is 5.82 Å². The van der Waals surface area contributed by atoms with E-state index in [0.29, 0.717) is 12.8 Å². The third-order valence-electron chi connectivity index (χ3n) is 6.87. The minimum absolute atomic E-state index is 0.0800. The van der Waals surface area contributed by atoms with Crippen molar-refractivity contribution in [2.45, 2.75) is 70.5 Å². The van der Waals surface area contributed by atoms with Crippen molar-refractivity contribution in [3.05, 3.63) is 83.7 Å². The van der Waals surface area contributed by atoms with E-state index in [1.807, 2.05) is 18.2 Å². The summed E-state index contributed by atoms with van der Waals surface area (Å²) >= 11 is 0. The molecule has 1 fully saturated rings. The van der Waals surface area contributed by atoms with E-state index in [1.165, 1.54) is 18.6 Å². The Morgan fingerprint density at radius 3 is 2.44 bits per heavy atom. The van der Waals surface area contributed by atoms with E-state index in [2.05, 4.69) is 29.6 Å². The number of rotatable bonds is 8. The molecule has 0 spiro atoms. The zero-order chi connectivity index (χ0) is 23.9. The van der Waals surface area contributed by atoms with Crippen LogP contribution in [0.1, 0.15) is 56.6 Å². The molecule has 0 aromatic heterocycles. The Bertz CT molecular complexity index is 1120. The Balaban J connectivity index is 1.49. The fourth-order valence-electron chi connectivity index (χ4n) is 4.83. The third kappa shape index (κ3) is 6.02. The first-order valence-corrected chi connectivity index (χ1v) is 12.3. The zero-order valence-electron chi connectivity index (χ0n) is 19.8. The highest BCUT2D eigenvalue weighted by Gasteiger charge is 2.28. The standard InChI is InChI=1S/C29H33FN2O2/c1-21(29(34)31-26-11-3-2-4-12-26)32(20-22-14-17-25(30)18-15-22)28(33)19-16-24-10-7-9-23-8-5-6-13-27(23)24/h5-10,13-15,17-18,21,26H,2-4,11-12,16,19-20H2,1H3,(H,31,34)/t21-/m0/s1. The number of nitrogens with one attached hydrogen (secondary N) is 1. The first-order valence-electron chi connectivity index (χ1n) is 12.3. The molecule has 0 radical (unpaired) electrons. The minimum Gasteiger partial charge on any atom is -0.352 e. The predicted octanol–water partition coefficient (Wildman–Crippen LogP) is 5.78. The molecule has 0 saturated heterocycles. The molecule has 3 aromatic carbocycles. The normalized spacial score (nSPS) is 15.1. The lowest BCUT2D eigenvalue weighted by molar-refractivity contribution is -0.141. The number of aryl methyl sites for hydroxylation is 1. The SMILES string of the molecule is C[C@@H](C(=O)NC1CCCCC1)N(Cc1ccc(F)cc1)C(=O)CCc1cccc2ccccc12. The molecule has 3 aromatic rings. The molecule has 0 bridgehead atoms. The summed E-state index contributed by atoms with van der Waals surface area (Å²) in [5.74, 6) is -0.517. The number of halogens is 1. The summed E-state index contributed by atoms with van der Waals surface area (Å²) in [6, 6.07) is 20.0. The third-order valence-corrected chi connectivity index (χ3v) is 6.87. The molecular formula is C29H33FN2O2. The summed E-state index contributed by atoms with van der Waals surface area (Å²) in [5, 5.41) is 5.45. The highest BCUT2D eigenvalue weighted by Crippen LogP contribution is 2.22. The van der Waals surface area contributed by atoms with Gasteiger partial charge < -0.3 is 10.2 Å². The molecule has 0 heterocycles. The van der Waals surface area contributed by atoms with Crippen molar-refractivity contribution < 1.29 is 14.0 Å². The van der Waals surface area contributed by atoms with Crippen LogP contribution < -0.4 is 5.32 Å². The van der Waals surface area contributed by atoms with Crippen LogP contribution in [0.4, 0.5) is 4.39 Å². The maximum absolute atomic E-state index is 13.4. The molecule has 178 valence electrons. The number of amides is 2. The highest BCUT2D eigenvalue weighted by molar-refractivity contribution is 5.89. The van der Waals surface area contributed by atoms with Crippen LogP contribution >= 0.6 is 0 Å². The maximum Gasteiger partial charge on any atom is 0.242 e. The van der Waals surface area contributed by atoms with E-state index in [9.17, 15) is 14.0 Å². The lowest BCUT2D eigenvalue weighted by Gasteiger charge is -2.31. The Morgan fingerprint density at radius 2 is 1.68 bits per heavy atom. The Kier molecular flexibility index (Phi) is 7.94. The smallest absolute Gasteiger partial charge is 0.242 e. The Hall–Kier alpha value is -3.21. The van der Waals surface area contributed by atoms with Crippen molar-refractivity contribution in [1.82, 2.24) is 10.2 Å². The Morgan fingerprint density at radius 1 is 0.971 bits per heavy atom. The van der Waals surface area contributed by atoms with Gasteiger partial charge in [-0.25, -0.2) is 4.39 Å². The number of carbonyl (C=O) groups is 2. The molecule has 0 unspecified atom stereocenters. The minimum atomic E-state index is -0.605. The van der Waals surface area contributed by atoms with E-state index < -0.39 is 6.04 Å². The zero-order valence-corrected chi connectivity index (χ0v) is 19.8. The van der Waals surface area contributed by atoms with Gasteiger partial charge in [0.05, 0.1) is 0 Å². The van der Waals surface area contributed by atoms with Crippen LogP contribution in [0.3, 0.4) is 0 Å². The van der Waals surface area contributed by atoms with Crippen LogP contribution in [0.5, 0.6) is 0 Å². The summed E-state index contributed by atoms with van der Waals surface area (Å²) in [7, 11) is 0. The molecular weight excluding hydrogens is 427 g/mol. The van der Waals surface area contributed by atoms with Crippen LogP contribution in [0.25, 0.3) is 10.8 Å². The van der Waals surface area contributed by atoms with E-state index in [0.717, 1.165) is 47.6 Å². The quantitative estimate of drug-likeness (QED) is 0.463. The molecule has 1 atom stereocenters. The van der Waals surface area contributed by atoms with Gasteiger partial charge in [0.25, 0.3) is 0 Å². The molecule has 1 saturated carbocycles. The predicted molar refractivity (Wildman–Crippen MR) is 134 cm³/mol. The highest BCUT2D eigenvalue weighted by atomic mass is 19.1. The summed E-state index contributed by atoms with van der Waals surface area (Å²) in [5.41, 5.74) is 1.92. The van der Waals surface area contributed by atoms with Crippen LogP contribution in [0.2, 0.25) is 0 Å². The van der Waals surface area contributed by atoms with Crippen molar-refractivity contribution in [3.63, 3.8) is 0 Å². The van der Waals surface area contributed by atoms with E-state index in [1.54, 1.807) is 24.0 Å². The van der Waals surface area contributed by atoms with Gasteiger partial charge in [-0.15, -0.1) is 0 Å². The summed E-state index contributed by atoms with van der Waals surface area (Å²) in [4.78, 5) is 28.2. The van der Waals surface area contributed by atoms with Gasteiger partial charge in [-0.1, -0.05) is 73.9 Å². The molecule has 4 nitrogen and oxygen atoms in total. The second kappa shape index (κ2) is 11.3. The molecule has 2 amide bonds. The van der Waals surface area contributed by atoms with Crippen molar-refractivity contribution in [2.75, 3.05) is 0 Å². The van der Waals surface area contributed by atoms with Crippen molar-refractivity contribution in [2.24, 2.45) is 0 Å². The molecule has 0 aliphatic heterocycles. The van der Waals surface area contributed by atoms with Gasteiger partial charge in [0, 0.05) is 19.0 Å². The van der Waals surface area contributed by atoms with E-state index in [4.69, 9.17) is 0 Å². The molecule has 34 heavy (non-hydrogen) atoms. The Labute approximate surface area is 201 Å². The number of nitrogens with zero attached hydrogens (tertiary/aromatic N) is 1. The lowest BCUT2D eigenvalue weighted by atomic mass is 9.95. The fourth-order valence-corrected chi connectivity index (χ4v) is 4.83. The number of hydrogen-bond donors (Lipinski definition) is 1. The number of benzene rings is 3. The number of carbonyl (C=O) groups excluding carboxylic acids is 2. The maximum atomic E-state index is 13.4. The topological polar surface area (TPSA) is 49.4 Å². The summed E-state index contributed by atoms with van der Waals surface area (Å²) in [6.07, 6.45) is 6.35. The molecule has 1 aliphatic rings. The fraction of sp³-hybridized carbons (Fsp3) is 0.379. The van der Waals surface area contributed by atoms with Crippen molar-refractivity contribution in [3.8, 4) is 0 Å². The second-order valence-electron chi connectivity index (χ2n) is 9.31. The van der Waals surface area contributed by atoms with Gasteiger partial charge in [0.1, 0.15) is 11.9 Å². The van der Waals surface area contributed by atoms with Crippen LogP contribution in [-0.2, 0) is 22.6 Å². The van der Waals surface area contributed by atoms with Gasteiger partial charge in [-0.3, -0.25) is 9.59 Å². The number of hydrogen-bond acceptors (Lipinski definition) is 2. The average molecular weight is 461 g/mol.